The minimum Gasteiger partial charge on any atom is -0.374 e. The number of nitrogens with two attached hydrogens (primary N) is 1. The van der Waals surface area contributed by atoms with Gasteiger partial charge in [0.1, 0.15) is 0 Å². The fourth-order valence-corrected chi connectivity index (χ4v) is 4.51. The lowest BCUT2D eigenvalue weighted by Crippen LogP contribution is -2.42. The van der Waals surface area contributed by atoms with E-state index in [9.17, 15) is 8.42 Å². The maximum Gasteiger partial charge on any atom is 0.293 e. The van der Waals surface area contributed by atoms with Crippen LogP contribution in [0.4, 0.5) is 16.5 Å². The summed E-state index contributed by atoms with van der Waals surface area (Å²) >= 11 is 0.876. The summed E-state index contributed by atoms with van der Waals surface area (Å²) in [6, 6.07) is 7.38. The van der Waals surface area contributed by atoms with Crippen LogP contribution in [0.5, 0.6) is 0 Å². The maximum absolute atomic E-state index is 12.6. The number of nitrogen functional groups attached to an aromatic ring is 1. The third-order valence-corrected chi connectivity index (χ3v) is 6.04. The van der Waals surface area contributed by atoms with Crippen molar-refractivity contribution in [2.75, 3.05) is 35.1 Å². The molecule has 9 heteroatoms. The highest BCUT2D eigenvalue weighted by atomic mass is 32.2. The molecule has 0 bridgehead atoms. The summed E-state index contributed by atoms with van der Waals surface area (Å²) < 4.78 is 26.5. The van der Waals surface area contributed by atoms with Gasteiger partial charge in [-0.1, -0.05) is 23.5 Å². The summed E-state index contributed by atoms with van der Waals surface area (Å²) in [5.74, 6) is 0. The topological polar surface area (TPSA) is 92.4 Å². The van der Waals surface area contributed by atoms with Crippen molar-refractivity contribution in [3.8, 4) is 0 Å². The maximum atomic E-state index is 12.6. The van der Waals surface area contributed by atoms with Crippen molar-refractivity contribution >= 4 is 37.9 Å². The Morgan fingerprint density at radius 1 is 1.20 bits per heavy atom. The number of aromatic nitrogens is 2. The predicted molar refractivity (Wildman–Crippen MR) is 78.6 cm³/mol. The molecule has 1 aliphatic heterocycles. The Bertz CT molecular complexity index is 743. The number of benzene rings is 1. The molecule has 1 aliphatic rings. The van der Waals surface area contributed by atoms with Gasteiger partial charge in [-0.15, -0.1) is 10.2 Å². The van der Waals surface area contributed by atoms with Crippen LogP contribution in [0.1, 0.15) is 0 Å². The molecule has 0 atom stereocenters. The highest BCUT2D eigenvalue weighted by molar-refractivity contribution is 7.94. The van der Waals surface area contributed by atoms with Crippen LogP contribution in [0.25, 0.3) is 0 Å². The Balaban J connectivity index is 2.10. The monoisotopic (exact) mass is 311 g/mol. The first-order valence-corrected chi connectivity index (χ1v) is 8.17. The molecule has 2 heterocycles. The van der Waals surface area contributed by atoms with Crippen molar-refractivity contribution in [3.05, 3.63) is 24.3 Å². The average Bonchev–Trinajstić information content (AvgIpc) is 2.87. The standard InChI is InChI=1S/C11H13N5O2S2/c1-15-6-7-16(9-5-3-2-4-8(9)15)20(17,18)11-14-13-10(12)19-11/h2-5H,6-7H2,1H3,(H2,12,13). The Kier molecular flexibility index (Phi) is 3.02. The van der Waals surface area contributed by atoms with Crippen molar-refractivity contribution in [1.82, 2.24) is 10.2 Å². The van der Waals surface area contributed by atoms with Crippen LogP contribution in [-0.4, -0.2) is 38.8 Å². The molecule has 106 valence electrons. The lowest BCUT2D eigenvalue weighted by molar-refractivity contribution is 0.587. The zero-order valence-electron chi connectivity index (χ0n) is 10.7. The lowest BCUT2D eigenvalue weighted by atomic mass is 10.2. The van der Waals surface area contributed by atoms with Crippen LogP contribution in [0, 0.1) is 0 Å². The number of anilines is 3. The van der Waals surface area contributed by atoms with Gasteiger partial charge < -0.3 is 10.6 Å². The number of hydrogen-bond donors (Lipinski definition) is 1. The van der Waals surface area contributed by atoms with E-state index in [1.165, 1.54) is 4.31 Å². The van der Waals surface area contributed by atoms with Crippen LogP contribution < -0.4 is 14.9 Å². The molecule has 2 aromatic rings. The van der Waals surface area contributed by atoms with Crippen molar-refractivity contribution < 1.29 is 8.42 Å². The summed E-state index contributed by atoms with van der Waals surface area (Å²) in [7, 11) is -1.77. The van der Waals surface area contributed by atoms with Gasteiger partial charge >= 0.3 is 0 Å². The van der Waals surface area contributed by atoms with E-state index in [2.05, 4.69) is 10.2 Å². The second-order valence-electron chi connectivity index (χ2n) is 4.39. The van der Waals surface area contributed by atoms with Crippen LogP contribution in [0.2, 0.25) is 0 Å². The Morgan fingerprint density at radius 2 is 1.90 bits per heavy atom. The molecule has 0 aliphatic carbocycles. The molecule has 3 rings (SSSR count). The molecular formula is C11H13N5O2S2. The highest BCUT2D eigenvalue weighted by Crippen LogP contribution is 2.36. The second-order valence-corrected chi connectivity index (χ2v) is 7.44. The third kappa shape index (κ3) is 1.98. The smallest absolute Gasteiger partial charge is 0.293 e. The van der Waals surface area contributed by atoms with Crippen molar-refractivity contribution in [1.29, 1.82) is 0 Å². The third-order valence-electron chi connectivity index (χ3n) is 3.13. The molecule has 0 radical (unpaired) electrons. The van der Waals surface area contributed by atoms with Gasteiger partial charge in [-0.3, -0.25) is 4.31 Å². The number of nitrogens with zero attached hydrogens (tertiary/aromatic N) is 4. The molecule has 0 spiro atoms. The zero-order valence-corrected chi connectivity index (χ0v) is 12.4. The Morgan fingerprint density at radius 3 is 2.55 bits per heavy atom. The van der Waals surface area contributed by atoms with E-state index in [0.717, 1.165) is 17.0 Å². The molecular weight excluding hydrogens is 298 g/mol. The van der Waals surface area contributed by atoms with Crippen molar-refractivity contribution in [3.63, 3.8) is 0 Å². The van der Waals surface area contributed by atoms with Gasteiger partial charge in [0.15, 0.2) is 0 Å². The quantitative estimate of drug-likeness (QED) is 0.880. The van der Waals surface area contributed by atoms with E-state index in [-0.39, 0.29) is 9.47 Å². The Hall–Kier alpha value is -1.87. The molecule has 0 saturated carbocycles. The largest absolute Gasteiger partial charge is 0.374 e. The minimum absolute atomic E-state index is 0.0747. The van der Waals surface area contributed by atoms with Crippen LogP contribution >= 0.6 is 11.3 Å². The molecule has 0 amide bonds. The van der Waals surface area contributed by atoms with Crippen LogP contribution in [-0.2, 0) is 10.0 Å². The summed E-state index contributed by atoms with van der Waals surface area (Å²) in [4.78, 5) is 2.02. The van der Waals surface area contributed by atoms with Gasteiger partial charge in [0.2, 0.25) is 5.13 Å². The van der Waals surface area contributed by atoms with E-state index >= 15 is 0 Å². The van der Waals surface area contributed by atoms with E-state index in [0.29, 0.717) is 18.8 Å². The predicted octanol–water partition coefficient (Wildman–Crippen LogP) is 0.765. The number of likely N-dealkylation sites (N-methyl/N-ethyl adjacent to an activating group) is 1. The highest BCUT2D eigenvalue weighted by Gasteiger charge is 2.33. The van der Waals surface area contributed by atoms with E-state index in [4.69, 9.17) is 5.73 Å². The van der Waals surface area contributed by atoms with Gasteiger partial charge in [0.25, 0.3) is 14.4 Å². The first-order chi connectivity index (χ1) is 9.50. The van der Waals surface area contributed by atoms with Crippen LogP contribution in [0.15, 0.2) is 28.6 Å². The normalized spacial score (nSPS) is 15.2. The van der Waals surface area contributed by atoms with Crippen molar-refractivity contribution in [2.45, 2.75) is 4.34 Å². The molecule has 0 unspecified atom stereocenters. The zero-order chi connectivity index (χ0) is 14.3. The summed E-state index contributed by atoms with van der Waals surface area (Å²) in [6.45, 7) is 0.986. The van der Waals surface area contributed by atoms with Gasteiger partial charge in [-0.25, -0.2) is 0 Å². The fourth-order valence-electron chi connectivity index (χ4n) is 2.15. The minimum atomic E-state index is -3.71. The number of fused-ring (bicyclic) bond motifs is 1. The van der Waals surface area contributed by atoms with Gasteiger partial charge in [0.05, 0.1) is 17.9 Å². The fraction of sp³-hybridized carbons (Fsp3) is 0.273. The first-order valence-electron chi connectivity index (χ1n) is 5.92. The SMILES string of the molecule is CN1CCN(S(=O)(=O)c2nnc(N)s2)c2ccccc21. The molecule has 7 nitrogen and oxygen atoms in total. The van der Waals surface area contributed by atoms with Crippen molar-refractivity contribution in [2.24, 2.45) is 0 Å². The number of rotatable bonds is 2. The number of para-hydroxylation sites is 2. The number of sulfonamides is 1. The Labute approximate surface area is 120 Å². The summed E-state index contributed by atoms with van der Waals surface area (Å²) in [6.07, 6.45) is 0. The van der Waals surface area contributed by atoms with Gasteiger partial charge in [-0.2, -0.15) is 8.42 Å². The number of hydrogen-bond acceptors (Lipinski definition) is 7. The van der Waals surface area contributed by atoms with Gasteiger partial charge in [0, 0.05) is 13.6 Å². The first kappa shape index (κ1) is 13.1. The summed E-state index contributed by atoms with van der Waals surface area (Å²) in [5, 5.41) is 7.38. The average molecular weight is 311 g/mol. The molecule has 1 aromatic heterocycles. The van der Waals surface area contributed by atoms with E-state index in [1.807, 2.05) is 30.1 Å². The molecule has 20 heavy (non-hydrogen) atoms. The van der Waals surface area contributed by atoms with Crippen LogP contribution in [0.3, 0.4) is 0 Å². The molecule has 1 aromatic carbocycles. The second kappa shape index (κ2) is 4.60. The van der Waals surface area contributed by atoms with E-state index in [1.54, 1.807) is 6.07 Å². The summed E-state index contributed by atoms with van der Waals surface area (Å²) in [5.41, 5.74) is 7.00. The van der Waals surface area contributed by atoms with E-state index < -0.39 is 10.0 Å². The van der Waals surface area contributed by atoms with Gasteiger partial charge in [-0.05, 0) is 12.1 Å². The molecule has 0 saturated heterocycles. The lowest BCUT2D eigenvalue weighted by Gasteiger charge is -2.35. The molecule has 0 fully saturated rings. The molecule has 2 N–H and O–H groups in total.